The summed E-state index contributed by atoms with van der Waals surface area (Å²) in [4.78, 5) is 35.6. The van der Waals surface area contributed by atoms with Crippen molar-refractivity contribution in [2.45, 2.75) is 162 Å². The fraction of sp³-hybridized carbons (Fsp3) is 0.640. The highest BCUT2D eigenvalue weighted by molar-refractivity contribution is 7.47. The first-order valence-corrected chi connectivity index (χ1v) is 24.6. The largest absolute Gasteiger partial charge is 0.472 e. The van der Waals surface area contributed by atoms with Crippen molar-refractivity contribution in [1.29, 1.82) is 0 Å². The molecule has 62 heavy (non-hydrogen) atoms. The van der Waals surface area contributed by atoms with Crippen LogP contribution in [0.5, 0.6) is 0 Å². The molecule has 2 unspecified atom stereocenters. The van der Waals surface area contributed by atoms with Crippen LogP contribution in [0.1, 0.15) is 146 Å². The van der Waals surface area contributed by atoms with Gasteiger partial charge in [0.1, 0.15) is 31.3 Å². The van der Waals surface area contributed by atoms with Gasteiger partial charge in [0, 0.05) is 25.7 Å². The summed E-state index contributed by atoms with van der Waals surface area (Å²) in [5.41, 5.74) is 2.58. The third kappa shape index (κ3) is 31.5. The number of likely N-dealkylation sites (N-methyl/N-ethyl adjacent to an activating group) is 1. The van der Waals surface area contributed by atoms with Gasteiger partial charge in [0.15, 0.2) is 6.10 Å². The molecule has 3 atom stereocenters. The molecule has 0 aromatic carbocycles. The Morgan fingerprint density at radius 2 is 1.24 bits per heavy atom. The molecule has 0 bridgehead atoms. The molecule has 1 heterocycles. The van der Waals surface area contributed by atoms with E-state index in [4.69, 9.17) is 22.9 Å². The van der Waals surface area contributed by atoms with Gasteiger partial charge in [-0.15, -0.1) is 0 Å². The summed E-state index contributed by atoms with van der Waals surface area (Å²) in [6.07, 6.45) is 38.4. The molecule has 0 saturated carbocycles. The first-order chi connectivity index (χ1) is 29.7. The number of aryl methyl sites for hydroxylation is 2. The van der Waals surface area contributed by atoms with Crippen LogP contribution in [-0.4, -0.2) is 86.1 Å². The molecule has 12 heteroatoms. The molecule has 11 nitrogen and oxygen atoms in total. The SMILES string of the molecule is CC/C=C\C/C=C\C/C=C\C/C=C\C/C=C\C=C/C(O)CCC(=O)O[C@H](COC(=O)CCCCCCCCc1oc(CCCCC)c(C)c1C)COP(=O)(O)OCC[N+](C)(C)C. The van der Waals surface area contributed by atoms with E-state index in [9.17, 15) is 24.2 Å². The Hall–Kier alpha value is -3.31. The molecule has 0 aliphatic carbocycles. The van der Waals surface area contributed by atoms with Gasteiger partial charge in [-0.3, -0.25) is 18.6 Å². The van der Waals surface area contributed by atoms with E-state index in [1.807, 2.05) is 33.3 Å². The van der Waals surface area contributed by atoms with Gasteiger partial charge in [-0.2, -0.15) is 0 Å². The first-order valence-electron chi connectivity index (χ1n) is 23.1. The van der Waals surface area contributed by atoms with Crippen LogP contribution in [-0.2, 0) is 45.5 Å². The zero-order chi connectivity index (χ0) is 45.9. The number of unbranched alkanes of at least 4 members (excludes halogenated alkanes) is 7. The summed E-state index contributed by atoms with van der Waals surface area (Å²) in [7, 11) is 1.29. The average Bonchev–Trinajstić information content (AvgIpc) is 3.49. The highest BCUT2D eigenvalue weighted by atomic mass is 31.2. The number of aliphatic hydroxyl groups excluding tert-OH is 1. The van der Waals surface area contributed by atoms with Crippen molar-refractivity contribution >= 4 is 19.8 Å². The van der Waals surface area contributed by atoms with E-state index in [-0.39, 0.29) is 32.5 Å². The lowest BCUT2D eigenvalue weighted by Crippen LogP contribution is -2.37. The lowest BCUT2D eigenvalue weighted by Gasteiger charge is -2.24. The Bertz CT molecular complexity index is 1580. The van der Waals surface area contributed by atoms with Crippen LogP contribution < -0.4 is 0 Å². The number of hydrogen-bond donors (Lipinski definition) is 2. The van der Waals surface area contributed by atoms with E-state index in [0.717, 1.165) is 95.0 Å². The number of rotatable bonds is 37. The number of phosphoric acid groups is 1. The lowest BCUT2D eigenvalue weighted by atomic mass is 10.0. The van der Waals surface area contributed by atoms with E-state index in [0.29, 0.717) is 17.4 Å². The number of furan rings is 1. The van der Waals surface area contributed by atoms with Crippen molar-refractivity contribution in [1.82, 2.24) is 0 Å². The van der Waals surface area contributed by atoms with Crippen molar-refractivity contribution in [2.24, 2.45) is 0 Å². The van der Waals surface area contributed by atoms with E-state index < -0.39 is 38.6 Å². The number of carbonyl (C=O) groups excluding carboxylic acids is 2. The van der Waals surface area contributed by atoms with Crippen LogP contribution >= 0.6 is 7.82 Å². The number of allylic oxidation sites excluding steroid dienone is 11. The maximum absolute atomic E-state index is 12.8. The second-order valence-electron chi connectivity index (χ2n) is 16.8. The average molecular weight is 889 g/mol. The molecule has 1 aromatic heterocycles. The third-order valence-corrected chi connectivity index (χ3v) is 11.1. The van der Waals surface area contributed by atoms with E-state index in [1.165, 1.54) is 24.0 Å². The smallest absolute Gasteiger partial charge is 0.466 e. The van der Waals surface area contributed by atoms with Crippen LogP contribution in [0.4, 0.5) is 0 Å². The second-order valence-corrected chi connectivity index (χ2v) is 18.3. The lowest BCUT2D eigenvalue weighted by molar-refractivity contribution is -0.870. The van der Waals surface area contributed by atoms with Gasteiger partial charge in [-0.05, 0) is 82.8 Å². The molecular weight excluding hydrogens is 806 g/mol. The van der Waals surface area contributed by atoms with Crippen molar-refractivity contribution in [2.75, 3.05) is 47.5 Å². The van der Waals surface area contributed by atoms with Gasteiger partial charge in [0.25, 0.3) is 0 Å². The summed E-state index contributed by atoms with van der Waals surface area (Å²) in [6.45, 7) is 8.24. The molecule has 0 radical (unpaired) electrons. The summed E-state index contributed by atoms with van der Waals surface area (Å²) >= 11 is 0. The van der Waals surface area contributed by atoms with Crippen molar-refractivity contribution in [3.8, 4) is 0 Å². The summed E-state index contributed by atoms with van der Waals surface area (Å²) < 4.78 is 40.4. The Kier molecular flexibility index (Phi) is 32.1. The van der Waals surface area contributed by atoms with Gasteiger partial charge in [0.05, 0.1) is 33.9 Å². The number of hydrogen-bond acceptors (Lipinski definition) is 9. The van der Waals surface area contributed by atoms with Gasteiger partial charge < -0.3 is 28.4 Å². The molecule has 352 valence electrons. The quantitative estimate of drug-likeness (QED) is 0.0166. The predicted molar refractivity (Wildman–Crippen MR) is 252 cm³/mol. The minimum absolute atomic E-state index is 0.0227. The molecule has 0 spiro atoms. The molecule has 2 N–H and O–H groups in total. The summed E-state index contributed by atoms with van der Waals surface area (Å²) in [5, 5.41) is 10.4. The van der Waals surface area contributed by atoms with E-state index in [1.54, 1.807) is 12.2 Å². The fourth-order valence-electron chi connectivity index (χ4n) is 6.12. The Labute approximate surface area is 375 Å². The predicted octanol–water partition coefficient (Wildman–Crippen LogP) is 11.6. The molecule has 0 aliphatic rings. The van der Waals surface area contributed by atoms with Crippen molar-refractivity contribution in [3.63, 3.8) is 0 Å². The van der Waals surface area contributed by atoms with Crippen molar-refractivity contribution < 1.29 is 51.6 Å². The maximum Gasteiger partial charge on any atom is 0.472 e. The van der Waals surface area contributed by atoms with Gasteiger partial charge in [-0.1, -0.05) is 125 Å². The Balaban J connectivity index is 2.48. The number of phosphoric ester groups is 1. The third-order valence-electron chi connectivity index (χ3n) is 10.1. The molecule has 0 saturated heterocycles. The highest BCUT2D eigenvalue weighted by Crippen LogP contribution is 2.43. The number of ether oxygens (including phenoxy) is 2. The number of aliphatic hydroxyl groups is 1. The topological polar surface area (TPSA) is 142 Å². The molecule has 1 rings (SSSR count). The molecule has 0 fully saturated rings. The van der Waals surface area contributed by atoms with E-state index in [2.05, 4.69) is 76.3 Å². The van der Waals surface area contributed by atoms with Crippen LogP contribution in [0.25, 0.3) is 0 Å². The zero-order valence-electron chi connectivity index (χ0n) is 39.4. The van der Waals surface area contributed by atoms with Gasteiger partial charge >= 0.3 is 19.8 Å². The molecule has 0 aliphatic heterocycles. The summed E-state index contributed by atoms with van der Waals surface area (Å²) in [5.74, 6) is 1.13. The highest BCUT2D eigenvalue weighted by Gasteiger charge is 2.27. The van der Waals surface area contributed by atoms with Crippen LogP contribution in [0.2, 0.25) is 0 Å². The van der Waals surface area contributed by atoms with Gasteiger partial charge in [-0.25, -0.2) is 4.57 Å². The minimum Gasteiger partial charge on any atom is -0.466 e. The molecular formula is C50H83NO10P+. The number of nitrogens with zero attached hydrogens (tertiary/aromatic N) is 1. The molecule has 1 aromatic rings. The van der Waals surface area contributed by atoms with Crippen LogP contribution in [0.15, 0.2) is 77.3 Å². The maximum atomic E-state index is 12.8. The fourth-order valence-corrected chi connectivity index (χ4v) is 6.87. The minimum atomic E-state index is -4.47. The molecule has 0 amide bonds. The zero-order valence-corrected chi connectivity index (χ0v) is 40.3. The van der Waals surface area contributed by atoms with Gasteiger partial charge in [0.2, 0.25) is 0 Å². The Morgan fingerprint density at radius 1 is 0.694 bits per heavy atom. The monoisotopic (exact) mass is 889 g/mol. The van der Waals surface area contributed by atoms with Crippen molar-refractivity contribution in [3.05, 3.63) is 95.6 Å². The van der Waals surface area contributed by atoms with Crippen LogP contribution in [0.3, 0.4) is 0 Å². The first kappa shape index (κ1) is 56.7. The van der Waals surface area contributed by atoms with Crippen LogP contribution in [0, 0.1) is 13.8 Å². The standard InChI is InChI=1S/C50H82NO10P/c1-8-10-12-13-14-15-16-17-18-19-20-21-22-23-26-30-33-45(52)37-38-50(54)60-46(42-59-62(55,56)58-40-39-51(5,6)7)41-57-49(53)36-32-28-25-24-27-31-35-48-44(4)43(3)47(61-48)34-29-11-9-2/h10,12,14-15,17-18,20-21,23,26,30,33,45-46,52H,8-9,11,13,16,19,22,24-25,27-29,31-32,34-42H2,1-7H3/p+1/b12-10-,15-14-,18-17-,21-20-,26-23-,33-30-/t45?,46-/m1/s1. The van der Waals surface area contributed by atoms with E-state index >= 15 is 0 Å². The normalized spacial score (nSPS) is 14.7. The number of esters is 2. The Morgan fingerprint density at radius 3 is 1.82 bits per heavy atom. The summed E-state index contributed by atoms with van der Waals surface area (Å²) in [6, 6.07) is 0. The second kappa shape index (κ2) is 35.1. The number of carbonyl (C=O) groups is 2. The number of quaternary nitrogens is 1.